The van der Waals surface area contributed by atoms with E-state index in [2.05, 4.69) is 21.2 Å². The van der Waals surface area contributed by atoms with Crippen molar-refractivity contribution >= 4 is 55.1 Å². The summed E-state index contributed by atoms with van der Waals surface area (Å²) in [5, 5.41) is 3.50. The van der Waals surface area contributed by atoms with E-state index in [1.54, 1.807) is 37.3 Å². The van der Waals surface area contributed by atoms with Crippen LogP contribution in [0.25, 0.3) is 0 Å². The lowest BCUT2D eigenvalue weighted by Gasteiger charge is -2.33. The molecule has 1 fully saturated rings. The molecule has 0 saturated heterocycles. The molecule has 42 heavy (non-hydrogen) atoms. The molecule has 4 rings (SSSR count). The molecule has 3 aromatic carbocycles. The van der Waals surface area contributed by atoms with E-state index in [0.29, 0.717) is 5.02 Å². The van der Waals surface area contributed by atoms with Gasteiger partial charge in [0.25, 0.3) is 10.0 Å². The maximum atomic E-state index is 14.1. The van der Waals surface area contributed by atoms with E-state index in [0.717, 1.165) is 57.6 Å². The fourth-order valence-corrected chi connectivity index (χ4v) is 6.89. The van der Waals surface area contributed by atoms with Gasteiger partial charge in [0.2, 0.25) is 11.8 Å². The van der Waals surface area contributed by atoms with Crippen LogP contribution in [0.3, 0.4) is 0 Å². The molecular formula is C32H37BrClN3O4S. The number of aryl methyl sites for hydroxylation is 2. The summed E-state index contributed by atoms with van der Waals surface area (Å²) >= 11 is 9.84. The van der Waals surface area contributed by atoms with Crippen LogP contribution in [-0.4, -0.2) is 43.8 Å². The van der Waals surface area contributed by atoms with Crippen molar-refractivity contribution in [2.24, 2.45) is 0 Å². The molecule has 1 N–H and O–H groups in total. The van der Waals surface area contributed by atoms with E-state index >= 15 is 0 Å². The Bertz CT molecular complexity index is 1510. The highest BCUT2D eigenvalue weighted by Gasteiger charge is 2.33. The van der Waals surface area contributed by atoms with Gasteiger partial charge in [-0.15, -0.1) is 0 Å². The van der Waals surface area contributed by atoms with Crippen molar-refractivity contribution in [1.82, 2.24) is 10.2 Å². The molecule has 1 aliphatic rings. The summed E-state index contributed by atoms with van der Waals surface area (Å²) < 4.78 is 29.9. The minimum absolute atomic E-state index is 0.0557. The fraction of sp³-hybridized carbons (Fsp3) is 0.375. The Kier molecular flexibility index (Phi) is 10.7. The molecule has 2 amide bonds. The summed E-state index contributed by atoms with van der Waals surface area (Å²) in [5.41, 5.74) is 2.77. The van der Waals surface area contributed by atoms with Crippen molar-refractivity contribution in [2.75, 3.05) is 10.8 Å². The van der Waals surface area contributed by atoms with Gasteiger partial charge in [-0.2, -0.15) is 0 Å². The number of carbonyl (C=O) groups is 2. The number of amides is 2. The second-order valence-electron chi connectivity index (χ2n) is 10.9. The van der Waals surface area contributed by atoms with E-state index in [4.69, 9.17) is 11.6 Å². The molecule has 0 radical (unpaired) electrons. The van der Waals surface area contributed by atoms with E-state index in [1.807, 2.05) is 38.1 Å². The molecule has 0 bridgehead atoms. The van der Waals surface area contributed by atoms with Gasteiger partial charge in [0.1, 0.15) is 12.6 Å². The Morgan fingerprint density at radius 1 is 0.976 bits per heavy atom. The van der Waals surface area contributed by atoms with E-state index in [1.165, 1.54) is 17.0 Å². The van der Waals surface area contributed by atoms with Crippen molar-refractivity contribution < 1.29 is 18.0 Å². The van der Waals surface area contributed by atoms with Gasteiger partial charge in [0.15, 0.2) is 0 Å². The van der Waals surface area contributed by atoms with E-state index < -0.39 is 28.5 Å². The lowest BCUT2D eigenvalue weighted by molar-refractivity contribution is -0.139. The highest BCUT2D eigenvalue weighted by Crippen LogP contribution is 2.29. The maximum Gasteiger partial charge on any atom is 0.264 e. The van der Waals surface area contributed by atoms with Gasteiger partial charge >= 0.3 is 0 Å². The first-order chi connectivity index (χ1) is 20.0. The highest BCUT2D eigenvalue weighted by molar-refractivity contribution is 9.10. The third-order valence-electron chi connectivity index (χ3n) is 7.72. The lowest BCUT2D eigenvalue weighted by Crippen LogP contribution is -2.53. The van der Waals surface area contributed by atoms with Crippen molar-refractivity contribution in [3.8, 4) is 0 Å². The number of rotatable bonds is 10. The quantitative estimate of drug-likeness (QED) is 0.257. The Hall–Kier alpha value is -2.88. The summed E-state index contributed by atoms with van der Waals surface area (Å²) in [6, 6.07) is 18.1. The normalized spacial score (nSPS) is 14.7. The number of halogens is 2. The monoisotopic (exact) mass is 673 g/mol. The first-order valence-electron chi connectivity index (χ1n) is 14.2. The Balaban J connectivity index is 1.69. The Morgan fingerprint density at radius 3 is 2.24 bits per heavy atom. The summed E-state index contributed by atoms with van der Waals surface area (Å²) in [5.74, 6) is -0.754. The number of sulfonamides is 1. The van der Waals surface area contributed by atoms with E-state index in [-0.39, 0.29) is 29.1 Å². The molecule has 224 valence electrons. The molecule has 0 spiro atoms. The first kappa shape index (κ1) is 32.0. The van der Waals surface area contributed by atoms with Gasteiger partial charge in [-0.3, -0.25) is 13.9 Å². The third-order valence-corrected chi connectivity index (χ3v) is 10.4. The zero-order chi connectivity index (χ0) is 30.4. The zero-order valence-corrected chi connectivity index (χ0v) is 27.3. The number of carbonyl (C=O) groups excluding carboxylic acids is 2. The number of hydrogen-bond donors (Lipinski definition) is 1. The minimum atomic E-state index is -4.16. The topological polar surface area (TPSA) is 86.8 Å². The predicted octanol–water partition coefficient (Wildman–Crippen LogP) is 6.78. The number of anilines is 1. The van der Waals surface area contributed by atoms with Crippen LogP contribution >= 0.6 is 27.5 Å². The lowest BCUT2D eigenvalue weighted by atomic mass is 9.95. The molecule has 0 heterocycles. The Morgan fingerprint density at radius 2 is 1.62 bits per heavy atom. The average Bonchev–Trinajstić information content (AvgIpc) is 2.97. The van der Waals surface area contributed by atoms with Crippen molar-refractivity contribution in [1.29, 1.82) is 0 Å². The highest BCUT2D eigenvalue weighted by atomic mass is 79.9. The smallest absolute Gasteiger partial charge is 0.264 e. The van der Waals surface area contributed by atoms with Crippen LogP contribution in [-0.2, 0) is 26.2 Å². The van der Waals surface area contributed by atoms with E-state index in [9.17, 15) is 18.0 Å². The number of nitrogens with one attached hydrogen (secondary N) is 1. The van der Waals surface area contributed by atoms with Crippen LogP contribution in [0.5, 0.6) is 0 Å². The van der Waals surface area contributed by atoms with Gasteiger partial charge in [0, 0.05) is 22.1 Å². The predicted molar refractivity (Wildman–Crippen MR) is 171 cm³/mol. The summed E-state index contributed by atoms with van der Waals surface area (Å²) in [7, 11) is -4.16. The van der Waals surface area contributed by atoms with Gasteiger partial charge in [-0.25, -0.2) is 8.42 Å². The zero-order valence-electron chi connectivity index (χ0n) is 24.1. The average molecular weight is 675 g/mol. The van der Waals surface area contributed by atoms with Crippen molar-refractivity contribution in [2.45, 2.75) is 76.4 Å². The van der Waals surface area contributed by atoms with Crippen molar-refractivity contribution in [3.05, 3.63) is 92.9 Å². The minimum Gasteiger partial charge on any atom is -0.352 e. The molecule has 0 aliphatic heterocycles. The standard InChI is InChI=1S/C32H37BrClN3O4S/c1-22-9-17-29(18-10-22)42(40,41)37(28-16-11-23(2)30(34)19-28)21-31(38)36(20-25-12-14-26(33)15-13-25)24(3)32(39)35-27-7-5-4-6-8-27/h9-19,24,27H,4-8,20-21H2,1-3H3,(H,35,39). The summed E-state index contributed by atoms with van der Waals surface area (Å²) in [4.78, 5) is 29.1. The third kappa shape index (κ3) is 7.94. The molecule has 1 atom stereocenters. The van der Waals surface area contributed by atoms with Crippen LogP contribution < -0.4 is 9.62 Å². The van der Waals surface area contributed by atoms with Crippen LogP contribution in [0.15, 0.2) is 76.1 Å². The van der Waals surface area contributed by atoms with Gasteiger partial charge in [-0.1, -0.05) is 82.7 Å². The Labute approximate surface area is 262 Å². The van der Waals surface area contributed by atoms with Crippen LogP contribution in [0.4, 0.5) is 5.69 Å². The second kappa shape index (κ2) is 14.1. The fourth-order valence-electron chi connectivity index (χ4n) is 5.04. The molecule has 1 aliphatic carbocycles. The molecular weight excluding hydrogens is 638 g/mol. The van der Waals surface area contributed by atoms with Crippen LogP contribution in [0, 0.1) is 13.8 Å². The van der Waals surface area contributed by atoms with Gasteiger partial charge in [-0.05, 0) is 81.1 Å². The molecule has 1 unspecified atom stereocenters. The number of hydrogen-bond acceptors (Lipinski definition) is 4. The molecule has 3 aromatic rings. The SMILES string of the molecule is Cc1ccc(S(=O)(=O)N(CC(=O)N(Cc2ccc(Br)cc2)C(C)C(=O)NC2CCCCC2)c2ccc(C)c(Cl)c2)cc1. The maximum absolute atomic E-state index is 14.1. The summed E-state index contributed by atoms with van der Waals surface area (Å²) in [6.07, 6.45) is 5.10. The molecule has 10 heteroatoms. The molecule has 7 nitrogen and oxygen atoms in total. The van der Waals surface area contributed by atoms with Crippen LogP contribution in [0.2, 0.25) is 5.02 Å². The van der Waals surface area contributed by atoms with Gasteiger partial charge < -0.3 is 10.2 Å². The van der Waals surface area contributed by atoms with Gasteiger partial charge in [0.05, 0.1) is 10.6 Å². The van der Waals surface area contributed by atoms with Crippen molar-refractivity contribution in [3.63, 3.8) is 0 Å². The number of benzene rings is 3. The van der Waals surface area contributed by atoms with Crippen LogP contribution in [0.1, 0.15) is 55.7 Å². The largest absolute Gasteiger partial charge is 0.352 e. The molecule has 1 saturated carbocycles. The first-order valence-corrected chi connectivity index (χ1v) is 16.8. The number of nitrogens with zero attached hydrogens (tertiary/aromatic N) is 2. The molecule has 0 aromatic heterocycles. The summed E-state index contributed by atoms with van der Waals surface area (Å²) in [6.45, 7) is 5.02. The second-order valence-corrected chi connectivity index (χ2v) is 14.1.